The zero-order chi connectivity index (χ0) is 16.9. The molecule has 2 bridgehead atoms. The van der Waals surface area contributed by atoms with Gasteiger partial charge < -0.3 is 5.11 Å². The first-order valence-electron chi connectivity index (χ1n) is 8.35. The van der Waals surface area contributed by atoms with E-state index in [9.17, 15) is 9.32 Å². The van der Waals surface area contributed by atoms with E-state index in [0.29, 0.717) is 23.2 Å². The Labute approximate surface area is 140 Å². The van der Waals surface area contributed by atoms with Gasteiger partial charge in [0.05, 0.1) is 21.1 Å². The van der Waals surface area contributed by atoms with Gasteiger partial charge in [0, 0.05) is 17.4 Å². The maximum Gasteiger partial charge on any atom is 0.0867 e. The van der Waals surface area contributed by atoms with E-state index in [4.69, 9.17) is 0 Å². The third kappa shape index (κ3) is 2.38. The molecule has 2 fully saturated rings. The van der Waals surface area contributed by atoms with Crippen molar-refractivity contribution in [2.45, 2.75) is 43.6 Å². The van der Waals surface area contributed by atoms with Crippen LogP contribution in [0.25, 0.3) is 0 Å². The fraction of sp³-hybridized carbons (Fsp3) is 0.579. The van der Waals surface area contributed by atoms with E-state index >= 15 is 0 Å². The van der Waals surface area contributed by atoms with Gasteiger partial charge in [0.1, 0.15) is 0 Å². The van der Waals surface area contributed by atoms with Crippen LogP contribution in [-0.2, 0) is 9.73 Å². The van der Waals surface area contributed by atoms with Gasteiger partial charge in [0.15, 0.2) is 0 Å². The van der Waals surface area contributed by atoms with Crippen molar-refractivity contribution in [1.29, 1.82) is 0 Å². The summed E-state index contributed by atoms with van der Waals surface area (Å²) in [4.78, 5) is 0.706. The average Bonchev–Trinajstić information content (AvgIpc) is 2.80. The highest BCUT2D eigenvalue weighted by molar-refractivity contribution is 7.93. The Hall–Kier alpha value is -1.13. The minimum atomic E-state index is -2.64. The quantitative estimate of drug-likeness (QED) is 0.853. The van der Waals surface area contributed by atoms with Crippen LogP contribution in [0.3, 0.4) is 0 Å². The lowest BCUT2D eigenvalue weighted by Crippen LogP contribution is -2.54. The molecule has 2 aliphatic carbocycles. The van der Waals surface area contributed by atoms with Crippen LogP contribution >= 0.6 is 0 Å². The molecular weight excluding hydrogens is 306 g/mol. The Morgan fingerprint density at radius 3 is 2.65 bits per heavy atom. The molecule has 126 valence electrons. The van der Waals surface area contributed by atoms with Crippen molar-refractivity contribution in [1.82, 2.24) is 0 Å². The molecule has 3 rings (SSSR count). The lowest BCUT2D eigenvalue weighted by molar-refractivity contribution is -0.0641. The van der Waals surface area contributed by atoms with Gasteiger partial charge in [-0.3, -0.25) is 0 Å². The van der Waals surface area contributed by atoms with Crippen LogP contribution in [0.15, 0.2) is 51.7 Å². The van der Waals surface area contributed by atoms with E-state index in [-0.39, 0.29) is 11.2 Å². The van der Waals surface area contributed by atoms with Gasteiger partial charge in [-0.15, -0.1) is 0 Å². The topological polar surface area (TPSA) is 49.7 Å². The summed E-state index contributed by atoms with van der Waals surface area (Å²) in [6, 6.07) is 9.35. The van der Waals surface area contributed by atoms with Crippen molar-refractivity contribution in [2.75, 3.05) is 12.8 Å². The highest BCUT2D eigenvalue weighted by Crippen LogP contribution is 2.61. The summed E-state index contributed by atoms with van der Waals surface area (Å²) in [5, 5.41) is 11.6. The second-order valence-electron chi connectivity index (χ2n) is 7.50. The molecule has 4 heteroatoms. The molecule has 5 atom stereocenters. The smallest absolute Gasteiger partial charge is 0.0867 e. The maximum atomic E-state index is 13.5. The standard InChI is InChI=1S/C19H27NO2S/c1-14-12-19(21,18(3)11-10-17(14)15(18)2)13-23(22,20-4)16-8-6-5-7-9-16/h5-9,14,17,21H,2,10-13H2,1,3-4H3/t14-,17-,18-,19-,23+/m1/s1. The summed E-state index contributed by atoms with van der Waals surface area (Å²) in [7, 11) is -1.04. The summed E-state index contributed by atoms with van der Waals surface area (Å²) in [5.74, 6) is 1.05. The van der Waals surface area contributed by atoms with Crippen LogP contribution in [0.2, 0.25) is 0 Å². The largest absolute Gasteiger partial charge is 0.388 e. The number of nitrogens with zero attached hydrogens (tertiary/aromatic N) is 1. The molecule has 2 saturated carbocycles. The van der Waals surface area contributed by atoms with E-state index in [1.54, 1.807) is 7.05 Å². The zero-order valence-electron chi connectivity index (χ0n) is 14.3. The van der Waals surface area contributed by atoms with Crippen LogP contribution in [0.1, 0.15) is 33.1 Å². The number of benzene rings is 1. The lowest BCUT2D eigenvalue weighted by Gasteiger charge is -2.50. The maximum absolute atomic E-state index is 13.5. The Kier molecular flexibility index (Phi) is 3.96. The van der Waals surface area contributed by atoms with Gasteiger partial charge in [0.25, 0.3) is 0 Å². The Balaban J connectivity index is 2.04. The predicted octanol–water partition coefficient (Wildman–Crippen LogP) is 3.89. The number of aliphatic hydroxyl groups is 1. The van der Waals surface area contributed by atoms with Crippen LogP contribution in [0.4, 0.5) is 0 Å². The van der Waals surface area contributed by atoms with Gasteiger partial charge in [-0.2, -0.15) is 0 Å². The van der Waals surface area contributed by atoms with E-state index in [1.807, 2.05) is 30.3 Å². The van der Waals surface area contributed by atoms with Gasteiger partial charge in [0.2, 0.25) is 0 Å². The minimum absolute atomic E-state index is 0.188. The van der Waals surface area contributed by atoms with Crippen molar-refractivity contribution in [3.8, 4) is 0 Å². The van der Waals surface area contributed by atoms with Crippen LogP contribution in [-0.4, -0.2) is 27.7 Å². The molecule has 1 N–H and O–H groups in total. The Morgan fingerprint density at radius 2 is 2.04 bits per heavy atom. The van der Waals surface area contributed by atoms with Crippen molar-refractivity contribution in [2.24, 2.45) is 21.6 Å². The van der Waals surface area contributed by atoms with Gasteiger partial charge >= 0.3 is 0 Å². The molecule has 0 radical (unpaired) electrons. The summed E-state index contributed by atoms with van der Waals surface area (Å²) < 4.78 is 17.7. The van der Waals surface area contributed by atoms with Gasteiger partial charge in [-0.25, -0.2) is 8.57 Å². The monoisotopic (exact) mass is 333 g/mol. The molecule has 0 heterocycles. The van der Waals surface area contributed by atoms with Crippen molar-refractivity contribution >= 4 is 9.73 Å². The zero-order valence-corrected chi connectivity index (χ0v) is 15.1. The second-order valence-corrected chi connectivity index (χ2v) is 9.90. The van der Waals surface area contributed by atoms with Crippen molar-refractivity contribution in [3.05, 3.63) is 42.5 Å². The molecule has 0 aliphatic heterocycles. The Bertz CT molecular complexity index is 735. The fourth-order valence-corrected chi connectivity index (χ4v) is 6.85. The lowest BCUT2D eigenvalue weighted by atomic mass is 9.61. The summed E-state index contributed by atoms with van der Waals surface area (Å²) in [5.41, 5.74) is -0.223. The second kappa shape index (κ2) is 5.45. The molecular formula is C19H27NO2S. The van der Waals surface area contributed by atoms with Crippen LogP contribution < -0.4 is 0 Å². The number of fused-ring (bicyclic) bond motifs is 2. The third-order valence-corrected chi connectivity index (χ3v) is 8.79. The summed E-state index contributed by atoms with van der Waals surface area (Å²) >= 11 is 0. The van der Waals surface area contributed by atoms with Gasteiger partial charge in [-0.1, -0.05) is 44.2 Å². The average molecular weight is 333 g/mol. The molecule has 0 spiro atoms. The molecule has 1 aromatic rings. The highest BCUT2D eigenvalue weighted by Gasteiger charge is 2.59. The number of rotatable bonds is 3. The van der Waals surface area contributed by atoms with Crippen molar-refractivity contribution in [3.63, 3.8) is 0 Å². The molecule has 2 aliphatic rings. The molecule has 0 unspecified atom stereocenters. The first kappa shape index (κ1) is 16.7. The number of hydrogen-bond donors (Lipinski definition) is 1. The molecule has 0 saturated heterocycles. The van der Waals surface area contributed by atoms with E-state index in [2.05, 4.69) is 24.8 Å². The number of hydrogen-bond acceptors (Lipinski definition) is 3. The van der Waals surface area contributed by atoms with E-state index in [1.165, 1.54) is 0 Å². The van der Waals surface area contributed by atoms with Crippen molar-refractivity contribution < 1.29 is 9.32 Å². The highest BCUT2D eigenvalue weighted by atomic mass is 32.2. The van der Waals surface area contributed by atoms with E-state index < -0.39 is 15.3 Å². The van der Waals surface area contributed by atoms with Crippen LogP contribution in [0, 0.1) is 17.3 Å². The summed E-state index contributed by atoms with van der Waals surface area (Å²) in [6.45, 7) is 8.58. The molecule has 3 nitrogen and oxygen atoms in total. The van der Waals surface area contributed by atoms with E-state index in [0.717, 1.165) is 18.4 Å². The van der Waals surface area contributed by atoms with Crippen LogP contribution in [0.5, 0.6) is 0 Å². The third-order valence-electron chi connectivity index (χ3n) is 6.33. The Morgan fingerprint density at radius 1 is 1.39 bits per heavy atom. The molecule has 0 amide bonds. The molecule has 0 aromatic heterocycles. The first-order chi connectivity index (χ1) is 10.8. The predicted molar refractivity (Wildman–Crippen MR) is 94.8 cm³/mol. The SMILES string of the molecule is C=C1[C@@H]2CC[C@@]1(C)[C@](O)(C[S@@](=O)(=NC)c1ccccc1)C[C@H]2C. The normalized spacial score (nSPS) is 39.0. The summed E-state index contributed by atoms with van der Waals surface area (Å²) in [6.07, 6.45) is 2.67. The minimum Gasteiger partial charge on any atom is -0.388 e. The first-order valence-corrected chi connectivity index (χ1v) is 10.0. The van der Waals surface area contributed by atoms with Gasteiger partial charge in [-0.05, 0) is 43.2 Å². The fourth-order valence-electron chi connectivity index (χ4n) is 4.68. The molecule has 1 aromatic carbocycles. The molecule has 23 heavy (non-hydrogen) atoms.